The zero-order chi connectivity index (χ0) is 22.9. The monoisotopic (exact) mass is 508 g/mol. The quantitative estimate of drug-likeness (QED) is 0.404. The summed E-state index contributed by atoms with van der Waals surface area (Å²) in [4.78, 5) is 12.9. The minimum atomic E-state index is -0.148. The van der Waals surface area contributed by atoms with Crippen LogP contribution in [0.1, 0.15) is 32.6 Å². The van der Waals surface area contributed by atoms with E-state index in [1.807, 2.05) is 43.3 Å². The highest BCUT2D eigenvalue weighted by Gasteiger charge is 2.30. The third-order valence-corrected chi connectivity index (χ3v) is 6.04. The Balaban J connectivity index is 1.37. The summed E-state index contributed by atoms with van der Waals surface area (Å²) in [6.07, 6.45) is 1.73. The number of ether oxygens (including phenoxy) is 5. The highest BCUT2D eigenvalue weighted by molar-refractivity contribution is 9.10. The molecule has 2 heterocycles. The number of benzene rings is 3. The van der Waals surface area contributed by atoms with Gasteiger partial charge in [0.05, 0.1) is 19.3 Å². The highest BCUT2D eigenvalue weighted by atomic mass is 79.9. The van der Waals surface area contributed by atoms with E-state index < -0.39 is 0 Å². The highest BCUT2D eigenvalue weighted by Crippen LogP contribution is 2.40. The Morgan fingerprint density at radius 1 is 1.09 bits per heavy atom. The zero-order valence-corrected chi connectivity index (χ0v) is 19.7. The number of Topliss-reactive ketones (excluding diaryl/α,β-unsaturated/α-hetero) is 1. The van der Waals surface area contributed by atoms with E-state index in [1.165, 1.54) is 0 Å². The lowest BCUT2D eigenvalue weighted by Crippen LogP contribution is -2.14. The predicted octanol–water partition coefficient (Wildman–Crippen LogP) is 5.83. The summed E-state index contributed by atoms with van der Waals surface area (Å²) in [7, 11) is 1.61. The number of halogens is 1. The Kier molecular flexibility index (Phi) is 5.83. The van der Waals surface area contributed by atoms with Crippen molar-refractivity contribution < 1.29 is 28.5 Å². The first-order valence-corrected chi connectivity index (χ1v) is 11.2. The maximum Gasteiger partial charge on any atom is 0.231 e. The van der Waals surface area contributed by atoms with Crippen molar-refractivity contribution >= 4 is 27.8 Å². The van der Waals surface area contributed by atoms with E-state index in [0.717, 1.165) is 38.2 Å². The normalized spacial score (nSPS) is 15.5. The molecule has 0 bridgehead atoms. The van der Waals surface area contributed by atoms with Crippen molar-refractivity contribution in [3.8, 4) is 23.0 Å². The van der Waals surface area contributed by atoms with Gasteiger partial charge in [0.2, 0.25) is 5.78 Å². The number of methoxy groups -OCH3 is 1. The largest absolute Gasteiger partial charge is 0.497 e. The first-order chi connectivity index (χ1) is 16.0. The molecule has 0 N–H and O–H groups in total. The molecule has 2 aliphatic heterocycles. The van der Waals surface area contributed by atoms with Crippen LogP contribution in [0.3, 0.4) is 0 Å². The third kappa shape index (κ3) is 4.21. The standard InChI is InChI=1S/C26H21BrO6/c1-15-22(31-13-18-11-19(27)10-17-12-30-14-32-26(17)18)8-7-21-24(28)23(33-25(15)21)9-16-3-5-20(29-2)6-4-16/h3-11H,12-14H2,1-2H3/b23-9-. The second-order valence-electron chi connectivity index (χ2n) is 7.73. The number of fused-ring (bicyclic) bond motifs is 2. The summed E-state index contributed by atoms with van der Waals surface area (Å²) in [5.74, 6) is 2.85. The molecule has 0 radical (unpaired) electrons. The SMILES string of the molecule is COc1ccc(/C=C2\Oc3c(ccc(OCc4cc(Br)cc5c4OCOC5)c3C)C2=O)cc1. The van der Waals surface area contributed by atoms with Gasteiger partial charge in [-0.25, -0.2) is 0 Å². The molecule has 0 saturated heterocycles. The molecule has 0 aromatic heterocycles. The summed E-state index contributed by atoms with van der Waals surface area (Å²) in [6, 6.07) is 14.9. The molecule has 0 unspecified atom stereocenters. The molecule has 5 rings (SSSR count). The molecule has 0 spiro atoms. The molecular formula is C26H21BrO6. The zero-order valence-electron chi connectivity index (χ0n) is 18.1. The summed E-state index contributed by atoms with van der Waals surface area (Å²) >= 11 is 3.53. The maximum atomic E-state index is 12.9. The molecule has 33 heavy (non-hydrogen) atoms. The lowest BCUT2D eigenvalue weighted by atomic mass is 10.1. The van der Waals surface area contributed by atoms with E-state index in [2.05, 4.69) is 15.9 Å². The van der Waals surface area contributed by atoms with E-state index >= 15 is 0 Å². The molecule has 0 amide bonds. The molecule has 3 aromatic rings. The van der Waals surface area contributed by atoms with E-state index in [-0.39, 0.29) is 18.3 Å². The van der Waals surface area contributed by atoms with E-state index in [9.17, 15) is 4.79 Å². The topological polar surface area (TPSA) is 63.2 Å². The molecule has 0 aliphatic carbocycles. The summed E-state index contributed by atoms with van der Waals surface area (Å²) < 4.78 is 29.3. The Hall–Kier alpha value is -3.29. The van der Waals surface area contributed by atoms with Crippen molar-refractivity contribution in [2.75, 3.05) is 13.9 Å². The average Bonchev–Trinajstić information content (AvgIpc) is 3.15. The van der Waals surface area contributed by atoms with Crippen molar-refractivity contribution in [1.29, 1.82) is 0 Å². The second kappa shape index (κ2) is 8.92. The van der Waals surface area contributed by atoms with Crippen LogP contribution in [0.25, 0.3) is 6.08 Å². The number of rotatable bonds is 5. The number of hydrogen-bond donors (Lipinski definition) is 0. The fourth-order valence-corrected chi connectivity index (χ4v) is 4.45. The molecule has 2 aliphatic rings. The van der Waals surface area contributed by atoms with Crippen LogP contribution in [-0.2, 0) is 18.0 Å². The van der Waals surface area contributed by atoms with Crippen LogP contribution in [0.4, 0.5) is 0 Å². The van der Waals surface area contributed by atoms with Crippen molar-refractivity contribution in [3.63, 3.8) is 0 Å². The van der Waals surface area contributed by atoms with Crippen molar-refractivity contribution in [2.24, 2.45) is 0 Å². The number of hydrogen-bond acceptors (Lipinski definition) is 6. The van der Waals surface area contributed by atoms with E-state index in [0.29, 0.717) is 30.3 Å². The Morgan fingerprint density at radius 3 is 2.70 bits per heavy atom. The van der Waals surface area contributed by atoms with E-state index in [1.54, 1.807) is 25.3 Å². The molecule has 6 nitrogen and oxygen atoms in total. The van der Waals surface area contributed by atoms with Crippen molar-refractivity contribution in [1.82, 2.24) is 0 Å². The molecular weight excluding hydrogens is 488 g/mol. The van der Waals surface area contributed by atoms with Gasteiger partial charge < -0.3 is 23.7 Å². The van der Waals surface area contributed by atoms with Gasteiger partial charge in [-0.15, -0.1) is 0 Å². The minimum Gasteiger partial charge on any atom is -0.497 e. The molecule has 7 heteroatoms. The predicted molar refractivity (Wildman–Crippen MR) is 126 cm³/mol. The Morgan fingerprint density at radius 2 is 1.91 bits per heavy atom. The maximum absolute atomic E-state index is 12.9. The van der Waals surface area contributed by atoms with Crippen molar-refractivity contribution in [3.05, 3.63) is 86.6 Å². The molecule has 3 aromatic carbocycles. The van der Waals surface area contributed by atoms with Crippen LogP contribution >= 0.6 is 15.9 Å². The van der Waals surface area contributed by atoms with Crippen LogP contribution in [-0.4, -0.2) is 19.7 Å². The lowest BCUT2D eigenvalue weighted by Gasteiger charge is -2.21. The Bertz CT molecular complexity index is 1260. The van der Waals surface area contributed by atoms with Gasteiger partial charge in [0.25, 0.3) is 0 Å². The van der Waals surface area contributed by atoms with Gasteiger partial charge in [-0.05, 0) is 55.0 Å². The number of carbonyl (C=O) groups is 1. The van der Waals surface area contributed by atoms with Gasteiger partial charge in [-0.2, -0.15) is 0 Å². The molecule has 168 valence electrons. The average molecular weight is 509 g/mol. The van der Waals surface area contributed by atoms with Crippen LogP contribution in [0.2, 0.25) is 0 Å². The fraction of sp³-hybridized carbons (Fsp3) is 0.192. The smallest absolute Gasteiger partial charge is 0.231 e. The van der Waals surface area contributed by atoms with Gasteiger partial charge in [-0.3, -0.25) is 4.79 Å². The summed E-state index contributed by atoms with van der Waals surface area (Å²) in [5.41, 5.74) is 4.04. The van der Waals surface area contributed by atoms with E-state index in [4.69, 9.17) is 23.7 Å². The van der Waals surface area contributed by atoms with Crippen molar-refractivity contribution in [2.45, 2.75) is 20.1 Å². The third-order valence-electron chi connectivity index (χ3n) is 5.59. The fourth-order valence-electron chi connectivity index (χ4n) is 3.90. The number of ketones is 1. The van der Waals surface area contributed by atoms with Crippen LogP contribution in [0.5, 0.6) is 23.0 Å². The molecule has 0 fully saturated rings. The minimum absolute atomic E-state index is 0.148. The summed E-state index contributed by atoms with van der Waals surface area (Å²) in [6.45, 7) is 2.92. The van der Waals surface area contributed by atoms with Gasteiger partial charge in [-0.1, -0.05) is 28.1 Å². The van der Waals surface area contributed by atoms with Crippen LogP contribution in [0.15, 0.2) is 58.8 Å². The second-order valence-corrected chi connectivity index (χ2v) is 8.65. The number of carbonyl (C=O) groups excluding carboxylic acids is 1. The first-order valence-electron chi connectivity index (χ1n) is 10.4. The molecule has 0 atom stereocenters. The van der Waals surface area contributed by atoms with Crippen LogP contribution < -0.4 is 18.9 Å². The van der Waals surface area contributed by atoms with Gasteiger partial charge in [0, 0.05) is 21.2 Å². The van der Waals surface area contributed by atoms with Gasteiger partial charge in [0.1, 0.15) is 29.6 Å². The lowest BCUT2D eigenvalue weighted by molar-refractivity contribution is -0.0176. The van der Waals surface area contributed by atoms with Crippen LogP contribution in [0, 0.1) is 6.92 Å². The molecule has 0 saturated carbocycles. The van der Waals surface area contributed by atoms with Gasteiger partial charge >= 0.3 is 0 Å². The number of allylic oxidation sites excluding steroid dienone is 1. The first kappa shape index (κ1) is 21.6. The Labute approximate surface area is 199 Å². The van der Waals surface area contributed by atoms with Gasteiger partial charge in [0.15, 0.2) is 12.6 Å². The summed E-state index contributed by atoms with van der Waals surface area (Å²) in [5, 5.41) is 0.